The van der Waals surface area contributed by atoms with Gasteiger partial charge >= 0.3 is 6.02 Å². The highest BCUT2D eigenvalue weighted by molar-refractivity contribution is 7.89. The summed E-state index contributed by atoms with van der Waals surface area (Å²) < 4.78 is 29.9. The number of aromatic nitrogens is 6. The minimum absolute atomic E-state index is 0.320. The molecule has 0 aliphatic heterocycles. The van der Waals surface area contributed by atoms with E-state index in [1.807, 2.05) is 49.4 Å². The van der Waals surface area contributed by atoms with Gasteiger partial charge in [-0.3, -0.25) is 4.89 Å². The van der Waals surface area contributed by atoms with Crippen LogP contribution in [0.5, 0.6) is 5.75 Å². The summed E-state index contributed by atoms with van der Waals surface area (Å²) in [6.45, 7) is 4.60. The zero-order valence-corrected chi connectivity index (χ0v) is 25.6. The zero-order chi connectivity index (χ0) is 31.4. The Balaban J connectivity index is 1.30. The maximum Gasteiger partial charge on any atom is 0.356 e. The van der Waals surface area contributed by atoms with Gasteiger partial charge in [0.05, 0.1) is 17.3 Å². The van der Waals surface area contributed by atoms with Gasteiger partial charge in [0.1, 0.15) is 5.82 Å². The normalized spacial score (nSPS) is 11.9. The number of fused-ring (bicyclic) bond motifs is 1. The van der Waals surface area contributed by atoms with Crippen LogP contribution in [0.1, 0.15) is 23.9 Å². The number of imidazole rings is 1. The molecule has 0 aliphatic carbocycles. The number of para-hydroxylation sites is 1. The molecule has 45 heavy (non-hydrogen) atoms. The lowest BCUT2D eigenvalue weighted by molar-refractivity contribution is -0.116. The van der Waals surface area contributed by atoms with E-state index in [0.29, 0.717) is 23.8 Å². The summed E-state index contributed by atoms with van der Waals surface area (Å²) in [5, 5.41) is 17.3. The Morgan fingerprint density at radius 2 is 1.71 bits per heavy atom. The van der Waals surface area contributed by atoms with Crippen LogP contribution in [0.4, 0.5) is 5.69 Å². The van der Waals surface area contributed by atoms with Crippen molar-refractivity contribution in [2.45, 2.75) is 26.8 Å². The molecule has 6 aromatic rings. The molecular weight excluding hydrogens is 592 g/mol. The molecule has 0 aliphatic rings. The Labute approximate surface area is 259 Å². The molecule has 4 aromatic carbocycles. The van der Waals surface area contributed by atoms with E-state index in [1.165, 1.54) is 0 Å². The number of aromatic amines is 1. The lowest BCUT2D eigenvalue weighted by atomic mass is 9.98. The molecule has 12 nitrogen and oxygen atoms in total. The molecule has 2 aromatic heterocycles. The number of H-pyrrole nitrogens is 1. The van der Waals surface area contributed by atoms with Crippen molar-refractivity contribution in [3.05, 3.63) is 108 Å². The van der Waals surface area contributed by atoms with Crippen LogP contribution in [-0.4, -0.2) is 50.9 Å². The topological polar surface area (TPSA) is 149 Å². The van der Waals surface area contributed by atoms with Crippen molar-refractivity contribution in [1.82, 2.24) is 30.2 Å². The number of nitrogens with one attached hydrogen (secondary N) is 2. The number of sulfonamides is 1. The molecule has 0 amide bonds. The van der Waals surface area contributed by atoms with E-state index in [-0.39, 0.29) is 6.02 Å². The molecule has 2 N–H and O–H groups in total. The number of anilines is 1. The highest BCUT2D eigenvalue weighted by Crippen LogP contribution is 2.31. The van der Waals surface area contributed by atoms with Crippen molar-refractivity contribution in [3.8, 4) is 28.3 Å². The van der Waals surface area contributed by atoms with Gasteiger partial charge in [0.2, 0.25) is 0 Å². The number of nitrogens with zero attached hydrogens (tertiary/aromatic N) is 6. The van der Waals surface area contributed by atoms with E-state index in [0.717, 1.165) is 57.4 Å². The largest absolute Gasteiger partial charge is 0.356 e. The van der Waals surface area contributed by atoms with Gasteiger partial charge in [-0.15, -0.1) is 9.50 Å². The third-order valence-corrected chi connectivity index (χ3v) is 7.53. The number of hydrogen-bond donors (Lipinski definition) is 2. The van der Waals surface area contributed by atoms with Crippen molar-refractivity contribution in [3.63, 3.8) is 0 Å². The van der Waals surface area contributed by atoms with Crippen molar-refractivity contribution < 1.29 is 18.2 Å². The maximum absolute atomic E-state index is 12.0. The molecule has 0 spiro atoms. The van der Waals surface area contributed by atoms with E-state index in [1.54, 1.807) is 24.3 Å². The highest BCUT2D eigenvalue weighted by Gasteiger charge is 2.17. The quantitative estimate of drug-likeness (QED) is 0.0917. The SMILES string of the molecule is CCc1nc2c(C)cc(NC(=NS(C)(=O)=O)OOc3ccccc3)cc2n1Cc1ccc(-c2ccccc2-c2nnn[nH]2)cc1. The Bertz CT molecular complexity index is 2080. The third kappa shape index (κ3) is 6.83. The van der Waals surface area contributed by atoms with E-state index in [9.17, 15) is 8.42 Å². The van der Waals surface area contributed by atoms with E-state index < -0.39 is 10.0 Å². The van der Waals surface area contributed by atoms with E-state index >= 15 is 0 Å². The van der Waals surface area contributed by atoms with Crippen LogP contribution in [-0.2, 0) is 27.9 Å². The fraction of sp³-hybridized carbons (Fsp3) is 0.156. The summed E-state index contributed by atoms with van der Waals surface area (Å²) in [7, 11) is -3.80. The molecular formula is C32H30N8O4S. The van der Waals surface area contributed by atoms with Gasteiger partial charge in [-0.05, 0) is 63.9 Å². The predicted octanol–water partition coefficient (Wildman–Crippen LogP) is 5.54. The fourth-order valence-electron chi connectivity index (χ4n) is 5.04. The Kier molecular flexibility index (Phi) is 8.25. The first-order valence-corrected chi connectivity index (χ1v) is 16.0. The van der Waals surface area contributed by atoms with E-state index in [2.05, 4.69) is 66.1 Å². The van der Waals surface area contributed by atoms with Crippen LogP contribution in [0, 0.1) is 6.92 Å². The standard InChI is InChI=1S/C32H30N8O4S/c1-4-29-34-30-21(2)18-24(33-32(37-45(3,41)42)44-43-25-10-6-5-7-11-25)19-28(30)40(29)20-22-14-16-23(17-15-22)26-12-8-9-13-27(26)31-35-38-39-36-31/h5-19H,4,20H2,1-3H3,(H,33,37)(H,35,36,38,39). The molecule has 2 heterocycles. The number of benzene rings is 4. The third-order valence-electron chi connectivity index (χ3n) is 7.03. The Morgan fingerprint density at radius 1 is 0.978 bits per heavy atom. The summed E-state index contributed by atoms with van der Waals surface area (Å²) in [6.07, 6.45) is 1.70. The van der Waals surface area contributed by atoms with Crippen LogP contribution in [0.3, 0.4) is 0 Å². The predicted molar refractivity (Wildman–Crippen MR) is 172 cm³/mol. The number of rotatable bonds is 9. The van der Waals surface area contributed by atoms with Crippen molar-refractivity contribution in [2.24, 2.45) is 4.40 Å². The van der Waals surface area contributed by atoms with Gasteiger partial charge < -0.3 is 9.88 Å². The fourth-order valence-corrected chi connectivity index (χ4v) is 5.42. The first-order valence-electron chi connectivity index (χ1n) is 14.2. The molecule has 0 atom stereocenters. The zero-order valence-electron chi connectivity index (χ0n) is 24.8. The van der Waals surface area contributed by atoms with E-state index in [4.69, 9.17) is 14.8 Å². The van der Waals surface area contributed by atoms with Crippen LogP contribution in [0.25, 0.3) is 33.5 Å². The second kappa shape index (κ2) is 12.6. The first kappa shape index (κ1) is 29.5. The molecule has 0 unspecified atom stereocenters. The molecule has 13 heteroatoms. The summed E-state index contributed by atoms with van der Waals surface area (Å²) in [4.78, 5) is 15.5. The summed E-state index contributed by atoms with van der Waals surface area (Å²) in [6, 6.07) is 28.5. The Hall–Kier alpha value is -5.56. The number of tetrazole rings is 1. The molecule has 6 rings (SSSR count). The van der Waals surface area contributed by atoms with Crippen molar-refractivity contribution in [1.29, 1.82) is 0 Å². The molecule has 228 valence electrons. The second-order valence-electron chi connectivity index (χ2n) is 10.4. The average Bonchev–Trinajstić information content (AvgIpc) is 3.69. The summed E-state index contributed by atoms with van der Waals surface area (Å²) in [5.41, 5.74) is 7.25. The van der Waals surface area contributed by atoms with Crippen LogP contribution in [0.15, 0.2) is 95.4 Å². The van der Waals surface area contributed by atoms with Gasteiger partial charge in [0.25, 0.3) is 10.0 Å². The van der Waals surface area contributed by atoms with Gasteiger partial charge in [0.15, 0.2) is 11.6 Å². The molecule has 0 saturated heterocycles. The Morgan fingerprint density at radius 3 is 2.40 bits per heavy atom. The maximum atomic E-state index is 12.0. The van der Waals surface area contributed by atoms with Crippen molar-refractivity contribution in [2.75, 3.05) is 11.6 Å². The minimum Gasteiger partial charge on any atom is -0.323 e. The molecule has 0 fully saturated rings. The molecule has 0 bridgehead atoms. The van der Waals surface area contributed by atoms with Gasteiger partial charge in [-0.25, -0.2) is 23.4 Å². The number of aryl methyl sites for hydroxylation is 2. The van der Waals surface area contributed by atoms with Gasteiger partial charge in [-0.2, -0.15) is 0 Å². The highest BCUT2D eigenvalue weighted by atomic mass is 32.2. The van der Waals surface area contributed by atoms with Crippen LogP contribution >= 0.6 is 0 Å². The monoisotopic (exact) mass is 622 g/mol. The van der Waals surface area contributed by atoms with Crippen LogP contribution in [0.2, 0.25) is 0 Å². The smallest absolute Gasteiger partial charge is 0.323 e. The molecule has 0 radical (unpaired) electrons. The first-order chi connectivity index (χ1) is 21.8. The number of amidine groups is 1. The summed E-state index contributed by atoms with van der Waals surface area (Å²) >= 11 is 0. The van der Waals surface area contributed by atoms with Gasteiger partial charge in [-0.1, -0.05) is 73.7 Å². The lowest BCUT2D eigenvalue weighted by Gasteiger charge is -2.13. The minimum atomic E-state index is -3.80. The lowest BCUT2D eigenvalue weighted by Crippen LogP contribution is -2.20. The average molecular weight is 623 g/mol. The second-order valence-corrected chi connectivity index (χ2v) is 12.0. The van der Waals surface area contributed by atoms with Crippen molar-refractivity contribution >= 4 is 32.8 Å². The number of hydrogen-bond acceptors (Lipinski definition) is 8. The van der Waals surface area contributed by atoms with Crippen LogP contribution < -0.4 is 10.2 Å². The van der Waals surface area contributed by atoms with Gasteiger partial charge in [0, 0.05) is 24.2 Å². The summed E-state index contributed by atoms with van der Waals surface area (Å²) in [5.74, 6) is 1.92. The molecule has 0 saturated carbocycles.